The van der Waals surface area contributed by atoms with E-state index in [0.717, 1.165) is 5.75 Å². The molecule has 74 valence electrons. The predicted molar refractivity (Wildman–Crippen MR) is 59.1 cm³/mol. The Hall–Kier alpha value is -1.22. The van der Waals surface area contributed by atoms with Gasteiger partial charge in [-0.2, -0.15) is 0 Å². The molecule has 0 saturated carbocycles. The van der Waals surface area contributed by atoms with Crippen molar-refractivity contribution in [2.24, 2.45) is 0 Å². The van der Waals surface area contributed by atoms with E-state index in [2.05, 4.69) is 0 Å². The van der Waals surface area contributed by atoms with E-state index in [9.17, 15) is 4.79 Å². The fourth-order valence-corrected chi connectivity index (χ4v) is 1.71. The SMILES string of the molecule is C/C(=C\SCc1ccccc1)C(=O)O. The van der Waals surface area contributed by atoms with Gasteiger partial charge in [-0.15, -0.1) is 11.8 Å². The fraction of sp³-hybridized carbons (Fsp3) is 0.182. The minimum atomic E-state index is -0.856. The fourth-order valence-electron chi connectivity index (χ4n) is 0.888. The number of benzene rings is 1. The van der Waals surface area contributed by atoms with Crippen LogP contribution in [0.5, 0.6) is 0 Å². The summed E-state index contributed by atoms with van der Waals surface area (Å²) < 4.78 is 0. The number of carboxylic acids is 1. The molecule has 1 rings (SSSR count). The molecule has 0 spiro atoms. The molecule has 0 bridgehead atoms. The molecule has 0 unspecified atom stereocenters. The lowest BCUT2D eigenvalue weighted by Gasteiger charge is -1.97. The molecule has 0 aliphatic carbocycles. The van der Waals surface area contributed by atoms with Gasteiger partial charge in [0.25, 0.3) is 0 Å². The van der Waals surface area contributed by atoms with Crippen molar-refractivity contribution < 1.29 is 9.90 Å². The van der Waals surface area contributed by atoms with Crippen LogP contribution < -0.4 is 0 Å². The molecule has 1 aromatic carbocycles. The number of carbonyl (C=O) groups is 1. The van der Waals surface area contributed by atoms with Crippen LogP contribution in [0, 0.1) is 0 Å². The second-order valence-corrected chi connectivity index (χ2v) is 3.76. The minimum absolute atomic E-state index is 0.380. The van der Waals surface area contributed by atoms with Gasteiger partial charge in [0, 0.05) is 11.3 Å². The highest BCUT2D eigenvalue weighted by molar-refractivity contribution is 8.01. The third-order valence-electron chi connectivity index (χ3n) is 1.69. The van der Waals surface area contributed by atoms with Gasteiger partial charge in [0.15, 0.2) is 0 Å². The minimum Gasteiger partial charge on any atom is -0.478 e. The van der Waals surface area contributed by atoms with Gasteiger partial charge in [-0.1, -0.05) is 30.3 Å². The molecular weight excluding hydrogens is 196 g/mol. The van der Waals surface area contributed by atoms with Crippen LogP contribution in [0.2, 0.25) is 0 Å². The Kier molecular flexibility index (Phi) is 4.26. The first-order valence-electron chi connectivity index (χ1n) is 4.26. The lowest BCUT2D eigenvalue weighted by Crippen LogP contribution is -1.94. The Bertz CT molecular complexity index is 330. The summed E-state index contributed by atoms with van der Waals surface area (Å²) in [6.45, 7) is 1.60. The first-order valence-corrected chi connectivity index (χ1v) is 5.30. The van der Waals surface area contributed by atoms with Crippen LogP contribution in [0.3, 0.4) is 0 Å². The van der Waals surface area contributed by atoms with Crippen molar-refractivity contribution >= 4 is 17.7 Å². The van der Waals surface area contributed by atoms with Crippen LogP contribution in [0.25, 0.3) is 0 Å². The second kappa shape index (κ2) is 5.50. The van der Waals surface area contributed by atoms with Gasteiger partial charge < -0.3 is 5.11 Å². The normalized spacial score (nSPS) is 11.4. The van der Waals surface area contributed by atoms with Gasteiger partial charge in [-0.05, 0) is 17.9 Å². The lowest BCUT2D eigenvalue weighted by atomic mass is 10.2. The van der Waals surface area contributed by atoms with Crippen LogP contribution in [0.1, 0.15) is 12.5 Å². The molecule has 0 aliphatic rings. The summed E-state index contributed by atoms with van der Waals surface area (Å²) in [7, 11) is 0. The van der Waals surface area contributed by atoms with Gasteiger partial charge in [-0.3, -0.25) is 0 Å². The number of hydrogen-bond acceptors (Lipinski definition) is 2. The summed E-state index contributed by atoms with van der Waals surface area (Å²) in [6, 6.07) is 9.97. The van der Waals surface area contributed by atoms with Crippen molar-refractivity contribution in [1.29, 1.82) is 0 Å². The molecule has 1 aromatic rings. The standard InChI is InChI=1S/C11H12O2S/c1-9(11(12)13)7-14-8-10-5-3-2-4-6-10/h2-7H,8H2,1H3,(H,12,13)/b9-7+. The number of aliphatic carboxylic acids is 1. The monoisotopic (exact) mass is 208 g/mol. The molecule has 1 N–H and O–H groups in total. The predicted octanol–water partition coefficient (Wildman–Crippen LogP) is 2.91. The molecule has 0 aliphatic heterocycles. The van der Waals surface area contributed by atoms with Crippen LogP contribution in [-0.2, 0) is 10.5 Å². The topological polar surface area (TPSA) is 37.3 Å². The first-order chi connectivity index (χ1) is 6.70. The van der Waals surface area contributed by atoms with E-state index < -0.39 is 5.97 Å². The number of hydrogen-bond donors (Lipinski definition) is 1. The van der Waals surface area contributed by atoms with Gasteiger partial charge in [0.1, 0.15) is 0 Å². The number of thioether (sulfide) groups is 1. The molecule has 0 aromatic heterocycles. The van der Waals surface area contributed by atoms with E-state index in [4.69, 9.17) is 5.11 Å². The molecule has 3 heteroatoms. The van der Waals surface area contributed by atoms with Crippen molar-refractivity contribution in [1.82, 2.24) is 0 Å². The van der Waals surface area contributed by atoms with E-state index in [1.807, 2.05) is 30.3 Å². The lowest BCUT2D eigenvalue weighted by molar-refractivity contribution is -0.132. The van der Waals surface area contributed by atoms with Gasteiger partial charge in [-0.25, -0.2) is 4.79 Å². The van der Waals surface area contributed by atoms with Crippen LogP contribution in [0.4, 0.5) is 0 Å². The Balaban J connectivity index is 2.43. The summed E-state index contributed by atoms with van der Waals surface area (Å²) in [5.41, 5.74) is 1.58. The maximum absolute atomic E-state index is 10.5. The summed E-state index contributed by atoms with van der Waals surface area (Å²) in [4.78, 5) is 10.5. The maximum Gasteiger partial charge on any atom is 0.331 e. The zero-order valence-electron chi connectivity index (χ0n) is 7.93. The molecule has 14 heavy (non-hydrogen) atoms. The van der Waals surface area contributed by atoms with Crippen molar-refractivity contribution in [2.45, 2.75) is 12.7 Å². The quantitative estimate of drug-likeness (QED) is 0.773. The van der Waals surface area contributed by atoms with Crippen LogP contribution >= 0.6 is 11.8 Å². The van der Waals surface area contributed by atoms with E-state index in [0.29, 0.717) is 5.57 Å². The summed E-state index contributed by atoms with van der Waals surface area (Å²) in [5, 5.41) is 10.3. The molecule has 2 nitrogen and oxygen atoms in total. The highest BCUT2D eigenvalue weighted by atomic mass is 32.2. The highest BCUT2D eigenvalue weighted by Gasteiger charge is 1.98. The smallest absolute Gasteiger partial charge is 0.331 e. The van der Waals surface area contributed by atoms with Crippen molar-refractivity contribution in [2.75, 3.05) is 0 Å². The van der Waals surface area contributed by atoms with E-state index >= 15 is 0 Å². The Labute approximate surface area is 87.6 Å². The molecule has 0 saturated heterocycles. The van der Waals surface area contributed by atoms with E-state index in [1.54, 1.807) is 12.3 Å². The largest absolute Gasteiger partial charge is 0.478 e. The van der Waals surface area contributed by atoms with Crippen molar-refractivity contribution in [3.8, 4) is 0 Å². The summed E-state index contributed by atoms with van der Waals surface area (Å²) in [5.74, 6) is -0.0450. The molecule has 0 radical (unpaired) electrons. The third kappa shape index (κ3) is 3.66. The Morgan fingerprint density at radius 3 is 2.64 bits per heavy atom. The van der Waals surface area contributed by atoms with Gasteiger partial charge in [0.05, 0.1) is 0 Å². The Morgan fingerprint density at radius 1 is 1.43 bits per heavy atom. The maximum atomic E-state index is 10.5. The van der Waals surface area contributed by atoms with Crippen LogP contribution in [0.15, 0.2) is 41.3 Å². The van der Waals surface area contributed by atoms with E-state index in [1.165, 1.54) is 17.3 Å². The summed E-state index contributed by atoms with van der Waals surface area (Å²) in [6.07, 6.45) is 0. The van der Waals surface area contributed by atoms with Crippen molar-refractivity contribution in [3.05, 3.63) is 46.9 Å². The van der Waals surface area contributed by atoms with Gasteiger partial charge >= 0.3 is 5.97 Å². The zero-order valence-corrected chi connectivity index (χ0v) is 8.75. The second-order valence-electron chi connectivity index (χ2n) is 2.90. The third-order valence-corrected chi connectivity index (χ3v) is 2.71. The van der Waals surface area contributed by atoms with Gasteiger partial charge in [0.2, 0.25) is 0 Å². The highest BCUT2D eigenvalue weighted by Crippen LogP contribution is 2.14. The number of carboxylic acid groups (broad SMARTS) is 1. The summed E-state index contributed by atoms with van der Waals surface area (Å²) >= 11 is 1.50. The zero-order chi connectivity index (χ0) is 10.4. The molecule has 0 fully saturated rings. The molecule has 0 atom stereocenters. The molecular formula is C11H12O2S. The van der Waals surface area contributed by atoms with E-state index in [-0.39, 0.29) is 0 Å². The van der Waals surface area contributed by atoms with Crippen LogP contribution in [-0.4, -0.2) is 11.1 Å². The molecule has 0 heterocycles. The average Bonchev–Trinajstić information content (AvgIpc) is 2.19. The molecule has 0 amide bonds. The van der Waals surface area contributed by atoms with Crippen molar-refractivity contribution in [3.63, 3.8) is 0 Å². The average molecular weight is 208 g/mol. The Morgan fingerprint density at radius 2 is 2.07 bits per heavy atom. The first kappa shape index (κ1) is 10.9. The number of rotatable bonds is 4.